The molecule has 0 aliphatic rings. The molecule has 0 radical (unpaired) electrons. The van der Waals surface area contributed by atoms with Gasteiger partial charge in [-0.2, -0.15) is 0 Å². The van der Waals surface area contributed by atoms with E-state index in [0.717, 1.165) is 66.5 Å². The minimum absolute atomic E-state index is 0.623. The lowest BCUT2D eigenvalue weighted by Gasteiger charge is -2.12. The van der Waals surface area contributed by atoms with E-state index in [2.05, 4.69) is 102 Å². The molecule has 5 heteroatoms. The Kier molecular flexibility index (Phi) is 6.42. The van der Waals surface area contributed by atoms with Crippen molar-refractivity contribution in [2.75, 3.05) is 0 Å². The van der Waals surface area contributed by atoms with Gasteiger partial charge in [0.2, 0.25) is 0 Å². The van der Waals surface area contributed by atoms with Crippen molar-refractivity contribution in [2.24, 2.45) is 0 Å². The van der Waals surface area contributed by atoms with Crippen molar-refractivity contribution in [1.29, 1.82) is 0 Å². The van der Waals surface area contributed by atoms with E-state index in [4.69, 9.17) is 19.4 Å². The molecule has 0 saturated carbocycles. The SMILES string of the molecule is c1ccc(-c2nc(-c3ccccc3)nc(-c3cccc(-n4c5ccccc5c5ccc(-c6cccc7c6oc6ccccc67)cc54)c3)n2)cc1. The van der Waals surface area contributed by atoms with E-state index in [1.165, 1.54) is 10.8 Å². The predicted octanol–water partition coefficient (Wildman–Crippen LogP) is 11.5. The largest absolute Gasteiger partial charge is 0.455 e. The molecule has 0 unspecified atom stereocenters. The molecule has 0 bridgehead atoms. The molecule has 0 fully saturated rings. The second-order valence-electron chi connectivity index (χ2n) is 12.5. The van der Waals surface area contributed by atoms with Crippen molar-refractivity contribution in [1.82, 2.24) is 19.5 Å². The van der Waals surface area contributed by atoms with E-state index in [1.54, 1.807) is 0 Å². The number of benzene rings is 7. The lowest BCUT2D eigenvalue weighted by Crippen LogP contribution is -2.01. The summed E-state index contributed by atoms with van der Waals surface area (Å²) >= 11 is 0. The predicted molar refractivity (Wildman–Crippen MR) is 203 cm³/mol. The summed E-state index contributed by atoms with van der Waals surface area (Å²) in [5.74, 6) is 1.90. The Morgan fingerprint density at radius 2 is 0.960 bits per heavy atom. The Balaban J connectivity index is 1.17. The van der Waals surface area contributed by atoms with Gasteiger partial charge in [0.25, 0.3) is 0 Å². The van der Waals surface area contributed by atoms with Crippen LogP contribution in [0.5, 0.6) is 0 Å². The summed E-state index contributed by atoms with van der Waals surface area (Å²) in [4.78, 5) is 14.9. The van der Waals surface area contributed by atoms with E-state index in [1.807, 2.05) is 72.8 Å². The molecule has 0 atom stereocenters. The van der Waals surface area contributed by atoms with Gasteiger partial charge in [0, 0.05) is 49.5 Å². The maximum atomic E-state index is 6.45. The van der Waals surface area contributed by atoms with Crippen molar-refractivity contribution in [2.45, 2.75) is 0 Å². The molecule has 5 nitrogen and oxygen atoms in total. The normalized spacial score (nSPS) is 11.6. The Morgan fingerprint density at radius 1 is 0.380 bits per heavy atom. The monoisotopic (exact) mass is 640 g/mol. The molecule has 0 aliphatic carbocycles. The van der Waals surface area contributed by atoms with Crippen LogP contribution in [0, 0.1) is 0 Å². The van der Waals surface area contributed by atoms with Gasteiger partial charge in [0.05, 0.1) is 11.0 Å². The summed E-state index contributed by atoms with van der Waals surface area (Å²) in [5.41, 5.74) is 10.0. The number of nitrogens with zero attached hydrogens (tertiary/aromatic N) is 4. The van der Waals surface area contributed by atoms with Crippen LogP contribution in [0.25, 0.3) is 94.7 Å². The van der Waals surface area contributed by atoms with Gasteiger partial charge in [-0.3, -0.25) is 0 Å². The minimum atomic E-state index is 0.623. The maximum Gasteiger partial charge on any atom is 0.164 e. The van der Waals surface area contributed by atoms with Gasteiger partial charge in [-0.15, -0.1) is 0 Å². The summed E-state index contributed by atoms with van der Waals surface area (Å²) in [7, 11) is 0. The molecule has 3 heterocycles. The summed E-state index contributed by atoms with van der Waals surface area (Å²) in [6, 6.07) is 58.6. The first-order valence-corrected chi connectivity index (χ1v) is 16.7. The molecule has 3 aromatic heterocycles. The standard InChI is InChI=1S/C45H28N4O/c1-3-13-29(14-4-1)43-46-44(30-15-5-2-6-16-30)48-45(47-43)32-17-11-18-33(27-32)49-39-23-9-7-19-35(39)36-26-25-31(28-40(36)49)34-21-12-22-38-37-20-8-10-24-41(37)50-42(34)38/h1-28H. The van der Waals surface area contributed by atoms with E-state index in [0.29, 0.717) is 17.5 Å². The van der Waals surface area contributed by atoms with E-state index in [9.17, 15) is 0 Å². The third-order valence-corrected chi connectivity index (χ3v) is 9.45. The fourth-order valence-electron chi connectivity index (χ4n) is 7.11. The zero-order chi connectivity index (χ0) is 33.0. The van der Waals surface area contributed by atoms with Gasteiger partial charge in [0.1, 0.15) is 11.2 Å². The lowest BCUT2D eigenvalue weighted by molar-refractivity contribution is 0.670. The molecule has 10 aromatic rings. The highest BCUT2D eigenvalue weighted by atomic mass is 16.3. The van der Waals surface area contributed by atoms with Crippen LogP contribution in [0.15, 0.2) is 174 Å². The van der Waals surface area contributed by atoms with Crippen molar-refractivity contribution in [3.05, 3.63) is 170 Å². The third-order valence-electron chi connectivity index (χ3n) is 9.45. The fraction of sp³-hybridized carbons (Fsp3) is 0. The number of hydrogen-bond donors (Lipinski definition) is 0. The highest BCUT2D eigenvalue weighted by Gasteiger charge is 2.18. The van der Waals surface area contributed by atoms with Crippen LogP contribution in [0.3, 0.4) is 0 Å². The molecule has 7 aromatic carbocycles. The fourth-order valence-corrected chi connectivity index (χ4v) is 7.11. The molecule has 50 heavy (non-hydrogen) atoms. The van der Waals surface area contributed by atoms with Gasteiger partial charge >= 0.3 is 0 Å². The topological polar surface area (TPSA) is 56.7 Å². The Bertz CT molecular complexity index is 2810. The highest BCUT2D eigenvalue weighted by molar-refractivity contribution is 6.13. The van der Waals surface area contributed by atoms with Gasteiger partial charge in [-0.25, -0.2) is 15.0 Å². The molecule has 0 N–H and O–H groups in total. The third kappa shape index (κ3) is 4.60. The summed E-state index contributed by atoms with van der Waals surface area (Å²) in [6.45, 7) is 0. The molecular weight excluding hydrogens is 613 g/mol. The van der Waals surface area contributed by atoms with E-state index in [-0.39, 0.29) is 0 Å². The van der Waals surface area contributed by atoms with Crippen LogP contribution in [0.2, 0.25) is 0 Å². The summed E-state index contributed by atoms with van der Waals surface area (Å²) in [5, 5.41) is 4.62. The van der Waals surface area contributed by atoms with Crippen LogP contribution in [0.1, 0.15) is 0 Å². The quantitative estimate of drug-likeness (QED) is 0.188. The Morgan fingerprint density at radius 3 is 1.72 bits per heavy atom. The molecule has 0 spiro atoms. The van der Waals surface area contributed by atoms with Crippen molar-refractivity contribution in [3.63, 3.8) is 0 Å². The zero-order valence-electron chi connectivity index (χ0n) is 26.9. The number of aromatic nitrogens is 4. The van der Waals surface area contributed by atoms with Crippen molar-refractivity contribution < 1.29 is 4.42 Å². The van der Waals surface area contributed by atoms with Gasteiger partial charge in [-0.05, 0) is 35.9 Å². The first-order valence-electron chi connectivity index (χ1n) is 16.7. The average Bonchev–Trinajstić information content (AvgIpc) is 3.74. The molecule has 10 rings (SSSR count). The van der Waals surface area contributed by atoms with Gasteiger partial charge in [0.15, 0.2) is 17.5 Å². The first kappa shape index (κ1) is 28.2. The second-order valence-corrected chi connectivity index (χ2v) is 12.5. The number of fused-ring (bicyclic) bond motifs is 6. The van der Waals surface area contributed by atoms with E-state index >= 15 is 0 Å². The maximum absolute atomic E-state index is 6.45. The van der Waals surface area contributed by atoms with Crippen LogP contribution in [-0.2, 0) is 0 Å². The molecule has 0 amide bonds. The Hall–Kier alpha value is -6.85. The van der Waals surface area contributed by atoms with Crippen molar-refractivity contribution >= 4 is 43.7 Å². The molecular formula is C45H28N4O. The van der Waals surface area contributed by atoms with Gasteiger partial charge < -0.3 is 8.98 Å². The lowest BCUT2D eigenvalue weighted by atomic mass is 10.0. The van der Waals surface area contributed by atoms with Crippen LogP contribution >= 0.6 is 0 Å². The minimum Gasteiger partial charge on any atom is -0.455 e. The van der Waals surface area contributed by atoms with Crippen LogP contribution < -0.4 is 0 Å². The van der Waals surface area contributed by atoms with Crippen LogP contribution in [0.4, 0.5) is 0 Å². The van der Waals surface area contributed by atoms with Crippen molar-refractivity contribution in [3.8, 4) is 51.0 Å². The highest BCUT2D eigenvalue weighted by Crippen LogP contribution is 2.39. The number of hydrogen-bond acceptors (Lipinski definition) is 4. The van der Waals surface area contributed by atoms with Crippen LogP contribution in [-0.4, -0.2) is 19.5 Å². The summed E-state index contributed by atoms with van der Waals surface area (Å²) in [6.07, 6.45) is 0. The molecule has 0 aliphatic heterocycles. The number of furan rings is 1. The molecule has 234 valence electrons. The van der Waals surface area contributed by atoms with E-state index < -0.39 is 0 Å². The second kappa shape index (κ2) is 11.4. The first-order chi connectivity index (χ1) is 24.8. The molecule has 0 saturated heterocycles. The Labute approximate surface area is 287 Å². The average molecular weight is 641 g/mol. The smallest absolute Gasteiger partial charge is 0.164 e. The number of para-hydroxylation sites is 3. The van der Waals surface area contributed by atoms with Gasteiger partial charge in [-0.1, -0.05) is 140 Å². The summed E-state index contributed by atoms with van der Waals surface area (Å²) < 4.78 is 8.79. The number of rotatable bonds is 5. The zero-order valence-corrected chi connectivity index (χ0v) is 26.9.